The lowest BCUT2D eigenvalue weighted by Crippen LogP contribution is -2.45. The van der Waals surface area contributed by atoms with E-state index in [1.807, 2.05) is 13.8 Å². The summed E-state index contributed by atoms with van der Waals surface area (Å²) in [6.45, 7) is 5.06. The van der Waals surface area contributed by atoms with E-state index in [4.69, 9.17) is 16.3 Å². The van der Waals surface area contributed by atoms with E-state index < -0.39 is 61.2 Å². The van der Waals surface area contributed by atoms with Gasteiger partial charge in [-0.25, -0.2) is 25.5 Å². The molecule has 0 amide bonds. The van der Waals surface area contributed by atoms with Gasteiger partial charge in [-0.2, -0.15) is 13.2 Å². The average molecular weight is 673 g/mol. The largest absolute Gasteiger partial charge is 0.486 e. The zero-order valence-electron chi connectivity index (χ0n) is 24.1. The van der Waals surface area contributed by atoms with Crippen LogP contribution in [0.2, 0.25) is 5.02 Å². The molecule has 0 spiro atoms. The topological polar surface area (TPSA) is 110 Å². The zero-order valence-corrected chi connectivity index (χ0v) is 26.5. The molecule has 2 aromatic rings. The van der Waals surface area contributed by atoms with Gasteiger partial charge in [0, 0.05) is 20.0 Å². The number of alkyl halides is 3. The first-order valence-electron chi connectivity index (χ1n) is 13.1. The number of halogens is 5. The lowest BCUT2D eigenvalue weighted by Gasteiger charge is -2.36. The first kappa shape index (κ1) is 34.9. The first-order valence-corrected chi connectivity index (χ1v) is 16.6. The van der Waals surface area contributed by atoms with Gasteiger partial charge in [-0.15, -0.1) is 0 Å². The molecule has 2 aromatic carbocycles. The lowest BCUT2D eigenvalue weighted by atomic mass is 10.1. The number of carbonyl (C=O) groups excluding carboxylic acids is 1. The van der Waals surface area contributed by atoms with Crippen molar-refractivity contribution in [1.29, 1.82) is 0 Å². The van der Waals surface area contributed by atoms with Crippen molar-refractivity contribution >= 4 is 43.3 Å². The Balaban J connectivity index is 1.96. The van der Waals surface area contributed by atoms with Gasteiger partial charge < -0.3 is 9.47 Å². The molecule has 0 fully saturated rings. The van der Waals surface area contributed by atoms with Crippen LogP contribution in [0.15, 0.2) is 41.3 Å². The fourth-order valence-corrected chi connectivity index (χ4v) is 7.39. The van der Waals surface area contributed by atoms with Gasteiger partial charge in [0.25, 0.3) is 10.0 Å². The van der Waals surface area contributed by atoms with E-state index in [0.29, 0.717) is 13.8 Å². The third-order valence-electron chi connectivity index (χ3n) is 6.63. The molecule has 1 atom stereocenters. The Morgan fingerprint density at radius 3 is 2.37 bits per heavy atom. The molecule has 0 unspecified atom stereocenters. The Kier molecular flexibility index (Phi) is 10.4. The molecule has 0 radical (unpaired) electrons. The molecular formula is C27H33ClF4N2O7S2. The molecule has 0 bridgehead atoms. The minimum Gasteiger partial charge on any atom is -0.486 e. The van der Waals surface area contributed by atoms with E-state index in [2.05, 4.69) is 4.74 Å². The van der Waals surface area contributed by atoms with Gasteiger partial charge in [0.1, 0.15) is 17.7 Å². The van der Waals surface area contributed by atoms with Crippen molar-refractivity contribution in [2.24, 2.45) is 5.92 Å². The number of anilines is 1. The number of sulfonamides is 2. The molecule has 1 heterocycles. The Labute approximate surface area is 253 Å². The number of hydrogen-bond acceptors (Lipinski definition) is 7. The second-order valence-corrected chi connectivity index (χ2v) is 15.6. The first-order chi connectivity index (χ1) is 19.6. The normalized spacial score (nSPS) is 16.3. The fourth-order valence-electron chi connectivity index (χ4n) is 4.22. The Bertz CT molecular complexity index is 1570. The van der Waals surface area contributed by atoms with E-state index >= 15 is 0 Å². The maximum absolute atomic E-state index is 13.8. The number of hydrogen-bond donors (Lipinski definition) is 0. The molecule has 0 saturated carbocycles. The third-order valence-corrected chi connectivity index (χ3v) is 10.5. The van der Waals surface area contributed by atoms with Crippen molar-refractivity contribution < 1.29 is 48.7 Å². The molecule has 3 rings (SSSR count). The van der Waals surface area contributed by atoms with Gasteiger partial charge in [0.05, 0.1) is 34.3 Å². The minimum atomic E-state index is -4.82. The zero-order chi connectivity index (χ0) is 32.5. The van der Waals surface area contributed by atoms with Crippen molar-refractivity contribution in [2.75, 3.05) is 30.2 Å². The molecular weight excluding hydrogens is 640 g/mol. The van der Waals surface area contributed by atoms with E-state index in [0.717, 1.165) is 22.5 Å². The lowest BCUT2D eigenvalue weighted by molar-refractivity contribution is -0.257. The van der Waals surface area contributed by atoms with Crippen molar-refractivity contribution in [3.63, 3.8) is 0 Å². The second kappa shape index (κ2) is 12.8. The van der Waals surface area contributed by atoms with Crippen molar-refractivity contribution in [1.82, 2.24) is 4.31 Å². The Morgan fingerprint density at radius 2 is 1.79 bits per heavy atom. The molecule has 9 nitrogen and oxygen atoms in total. The van der Waals surface area contributed by atoms with Gasteiger partial charge >= 0.3 is 12.1 Å². The maximum atomic E-state index is 13.8. The van der Waals surface area contributed by atoms with Crippen LogP contribution < -0.4 is 9.04 Å². The minimum absolute atomic E-state index is 0.0219. The number of fused-ring (bicyclic) bond motifs is 1. The van der Waals surface area contributed by atoms with Gasteiger partial charge in [-0.05, 0) is 55.7 Å². The Morgan fingerprint density at radius 1 is 1.14 bits per heavy atom. The predicted octanol–water partition coefficient (Wildman–Crippen LogP) is 5.17. The summed E-state index contributed by atoms with van der Waals surface area (Å²) in [7, 11) is -6.70. The highest BCUT2D eigenvalue weighted by atomic mass is 35.5. The molecule has 1 aliphatic rings. The summed E-state index contributed by atoms with van der Waals surface area (Å²) in [6.07, 6.45) is -6.45. The molecule has 240 valence electrons. The maximum Gasteiger partial charge on any atom is 0.427 e. The Hall–Kier alpha value is -2.62. The van der Waals surface area contributed by atoms with Gasteiger partial charge in [0.2, 0.25) is 15.6 Å². The van der Waals surface area contributed by atoms with E-state index in [-0.39, 0.29) is 53.1 Å². The van der Waals surface area contributed by atoms with Gasteiger partial charge in [-0.1, -0.05) is 31.5 Å². The SMILES string of the molecule is CC(C)CN(C)S(=O)(=O)CC[C@H]1CN(S(=O)(=O)c2ccc(F)c(Cl)c2)c2cc(CC(=O)OC(C)(C)C(F)(F)F)ccc2O1. The highest BCUT2D eigenvalue weighted by Crippen LogP contribution is 2.39. The predicted molar refractivity (Wildman–Crippen MR) is 153 cm³/mol. The number of esters is 1. The standard InChI is InChI=1S/C27H33ClF4N2O7S2/c1-17(2)15-33(5)42(36,37)11-10-19-16-34(43(38,39)20-7-8-22(29)21(28)14-20)23-12-18(6-9-24(23)40-19)13-25(35)41-26(3,4)27(30,31)32/h6-9,12,14,17,19H,10-11,13,15-16H2,1-5H3/t19-/m0/s1. The number of nitrogens with zero attached hydrogens (tertiary/aromatic N) is 2. The monoisotopic (exact) mass is 672 g/mol. The summed E-state index contributed by atoms with van der Waals surface area (Å²) in [5.74, 6) is -2.29. The molecule has 1 aliphatic heterocycles. The molecule has 0 saturated heterocycles. The number of carbonyl (C=O) groups is 1. The second-order valence-electron chi connectivity index (χ2n) is 11.1. The van der Waals surface area contributed by atoms with Gasteiger partial charge in [-0.3, -0.25) is 9.10 Å². The summed E-state index contributed by atoms with van der Waals surface area (Å²) >= 11 is 5.83. The van der Waals surface area contributed by atoms with E-state index in [9.17, 15) is 39.2 Å². The average Bonchev–Trinajstić information content (AvgIpc) is 2.87. The fraction of sp³-hybridized carbons (Fsp3) is 0.519. The quantitative estimate of drug-likeness (QED) is 0.239. The van der Waals surface area contributed by atoms with Crippen LogP contribution >= 0.6 is 11.6 Å². The van der Waals surface area contributed by atoms with Crippen LogP contribution in [-0.2, 0) is 36.0 Å². The smallest absolute Gasteiger partial charge is 0.427 e. The van der Waals surface area contributed by atoms with Crippen molar-refractivity contribution in [2.45, 2.75) is 63.3 Å². The summed E-state index contributed by atoms with van der Waals surface area (Å²) in [5.41, 5.74) is -2.69. The summed E-state index contributed by atoms with van der Waals surface area (Å²) in [5, 5.41) is -0.450. The van der Waals surface area contributed by atoms with Crippen molar-refractivity contribution in [3.05, 3.63) is 52.8 Å². The number of benzene rings is 2. The number of ether oxygens (including phenoxy) is 2. The molecule has 43 heavy (non-hydrogen) atoms. The van der Waals surface area contributed by atoms with Crippen LogP contribution in [0.3, 0.4) is 0 Å². The molecule has 16 heteroatoms. The van der Waals surface area contributed by atoms with E-state index in [1.165, 1.54) is 29.6 Å². The van der Waals surface area contributed by atoms with E-state index in [1.54, 1.807) is 0 Å². The molecule has 0 aliphatic carbocycles. The summed E-state index contributed by atoms with van der Waals surface area (Å²) < 4.78 is 119. The highest BCUT2D eigenvalue weighted by Gasteiger charge is 2.50. The highest BCUT2D eigenvalue weighted by molar-refractivity contribution is 7.92. The van der Waals surface area contributed by atoms with Crippen LogP contribution in [0, 0.1) is 11.7 Å². The van der Waals surface area contributed by atoms with Gasteiger partial charge in [0.15, 0.2) is 0 Å². The molecule has 0 N–H and O–H groups in total. The van der Waals surface area contributed by atoms with Crippen LogP contribution in [0.5, 0.6) is 5.75 Å². The van der Waals surface area contributed by atoms with Crippen molar-refractivity contribution in [3.8, 4) is 5.75 Å². The number of rotatable bonds is 11. The van der Waals surface area contributed by atoms with Crippen LogP contribution in [-0.4, -0.2) is 70.9 Å². The summed E-state index contributed by atoms with van der Waals surface area (Å²) in [6, 6.07) is 6.74. The third kappa shape index (κ3) is 8.31. The van der Waals surface area contributed by atoms with Crippen LogP contribution in [0.25, 0.3) is 0 Å². The summed E-state index contributed by atoms with van der Waals surface area (Å²) in [4.78, 5) is 12.0. The molecule has 0 aromatic heterocycles. The van der Waals surface area contributed by atoms with Crippen LogP contribution in [0.1, 0.15) is 39.7 Å². The van der Waals surface area contributed by atoms with Crippen LogP contribution in [0.4, 0.5) is 23.2 Å².